The lowest BCUT2D eigenvalue weighted by molar-refractivity contribution is 0.0232. The molecular formula is C52H59Br3ClN5O10S2. The number of halogens is 4. The summed E-state index contributed by atoms with van der Waals surface area (Å²) in [5.41, 5.74) is 9.27. The number of hydrogen-bond donors (Lipinski definition) is 3. The predicted octanol–water partition coefficient (Wildman–Crippen LogP) is 10.5. The molecule has 15 nitrogen and oxygen atoms in total. The highest BCUT2D eigenvalue weighted by Crippen LogP contribution is 2.29. The number of fused-ring (bicyclic) bond motifs is 5. The van der Waals surface area contributed by atoms with Gasteiger partial charge in [0, 0.05) is 78.3 Å². The molecule has 392 valence electrons. The Morgan fingerprint density at radius 1 is 0.479 bits per heavy atom. The van der Waals surface area contributed by atoms with Gasteiger partial charge in [-0.3, -0.25) is 24.7 Å². The smallest absolute Gasteiger partial charge is 0.410 e. The summed E-state index contributed by atoms with van der Waals surface area (Å²) in [5.74, 6) is -0.640. The Balaban J connectivity index is 0.000000172. The molecule has 5 aliphatic rings. The minimum atomic E-state index is -3.23. The summed E-state index contributed by atoms with van der Waals surface area (Å²) >= 11 is 10.1. The van der Waals surface area contributed by atoms with Gasteiger partial charge in [0.25, 0.3) is 11.8 Å². The van der Waals surface area contributed by atoms with E-state index in [9.17, 15) is 36.0 Å². The third-order valence-electron chi connectivity index (χ3n) is 11.3. The van der Waals surface area contributed by atoms with Gasteiger partial charge in [0.1, 0.15) is 11.2 Å². The van der Waals surface area contributed by atoms with Crippen molar-refractivity contribution in [1.82, 2.24) is 25.8 Å². The van der Waals surface area contributed by atoms with Gasteiger partial charge in [-0.25, -0.2) is 26.4 Å². The molecule has 0 fully saturated rings. The van der Waals surface area contributed by atoms with Crippen molar-refractivity contribution >= 4 is 104 Å². The van der Waals surface area contributed by atoms with Crippen LogP contribution in [0.25, 0.3) is 0 Å². The quantitative estimate of drug-likeness (QED) is 0.142. The zero-order chi connectivity index (χ0) is 52.9. The van der Waals surface area contributed by atoms with Crippen LogP contribution in [0.15, 0.2) is 114 Å². The first kappa shape index (κ1) is 59.2. The maximum absolute atomic E-state index is 12.0. The summed E-state index contributed by atoms with van der Waals surface area (Å²) in [5, 5.41) is 8.68. The van der Waals surface area contributed by atoms with Gasteiger partial charge in [-0.15, -0.1) is 12.4 Å². The average molecular weight is 1250 g/mol. The van der Waals surface area contributed by atoms with Crippen molar-refractivity contribution < 1.29 is 45.5 Å². The lowest BCUT2D eigenvalue weighted by Crippen LogP contribution is -2.33. The largest absolute Gasteiger partial charge is 0.444 e. The molecule has 21 heteroatoms. The Hall–Kier alpha value is -4.67. The summed E-state index contributed by atoms with van der Waals surface area (Å²) in [6, 6.07) is 27.8. The third kappa shape index (κ3) is 16.9. The zero-order valence-corrected chi connectivity index (χ0v) is 48.9. The van der Waals surface area contributed by atoms with E-state index in [-0.39, 0.29) is 41.3 Å². The van der Waals surface area contributed by atoms with Gasteiger partial charge in [-0.2, -0.15) is 0 Å². The predicted molar refractivity (Wildman–Crippen MR) is 293 cm³/mol. The van der Waals surface area contributed by atoms with Crippen LogP contribution in [-0.4, -0.2) is 74.3 Å². The first-order chi connectivity index (χ1) is 33.5. The van der Waals surface area contributed by atoms with E-state index in [4.69, 9.17) is 9.47 Å². The van der Waals surface area contributed by atoms with Crippen molar-refractivity contribution in [3.05, 3.63) is 160 Å². The number of carbonyl (C=O) groups is 4. The summed E-state index contributed by atoms with van der Waals surface area (Å²) in [6.45, 7) is 16.9. The van der Waals surface area contributed by atoms with Gasteiger partial charge in [0.05, 0.1) is 20.9 Å². The van der Waals surface area contributed by atoms with Gasteiger partial charge in [0.2, 0.25) is 0 Å². The number of nitrogens with zero attached hydrogens (tertiary/aromatic N) is 2. The molecule has 10 rings (SSSR count). The number of nitrogens with one attached hydrogen (secondary N) is 3. The van der Waals surface area contributed by atoms with E-state index in [0.29, 0.717) is 42.2 Å². The van der Waals surface area contributed by atoms with E-state index in [1.807, 2.05) is 59.7 Å². The fraction of sp³-hybridized carbons (Fsp3) is 0.346. The van der Waals surface area contributed by atoms with Gasteiger partial charge < -0.3 is 20.1 Å². The van der Waals surface area contributed by atoms with Gasteiger partial charge in [0.15, 0.2) is 19.7 Å². The van der Waals surface area contributed by atoms with Gasteiger partial charge in [-0.05, 0) is 153 Å². The molecule has 0 radical (unpaired) electrons. The van der Waals surface area contributed by atoms with Crippen LogP contribution in [0.1, 0.15) is 107 Å². The first-order valence-electron chi connectivity index (χ1n) is 22.7. The second-order valence-electron chi connectivity index (χ2n) is 19.6. The molecule has 0 atom stereocenters. The van der Waals surface area contributed by atoms with Crippen LogP contribution >= 0.6 is 60.2 Å². The molecule has 0 saturated heterocycles. The highest BCUT2D eigenvalue weighted by atomic mass is 79.9. The van der Waals surface area contributed by atoms with Crippen LogP contribution in [0.2, 0.25) is 0 Å². The molecule has 0 unspecified atom stereocenters. The fourth-order valence-electron chi connectivity index (χ4n) is 7.78. The van der Waals surface area contributed by atoms with Crippen molar-refractivity contribution in [3.8, 4) is 0 Å². The maximum atomic E-state index is 12.0. The van der Waals surface area contributed by atoms with Crippen LogP contribution < -0.4 is 16.0 Å². The van der Waals surface area contributed by atoms with E-state index in [1.165, 1.54) is 44.8 Å². The molecule has 0 bridgehead atoms. The Morgan fingerprint density at radius 3 is 1.30 bits per heavy atom. The summed E-state index contributed by atoms with van der Waals surface area (Å²) in [7, 11) is -6.28. The molecule has 0 saturated carbocycles. The minimum absolute atomic E-state index is 0. The number of benzene rings is 5. The van der Waals surface area contributed by atoms with E-state index in [1.54, 1.807) is 58.3 Å². The normalized spacial score (nSPS) is 14.8. The van der Waals surface area contributed by atoms with Crippen molar-refractivity contribution in [3.63, 3.8) is 0 Å². The molecule has 0 spiro atoms. The number of ether oxygens (including phenoxy) is 2. The van der Waals surface area contributed by atoms with Crippen molar-refractivity contribution in [1.29, 1.82) is 0 Å². The number of carbonyl (C=O) groups excluding carboxylic acids is 4. The molecule has 0 aliphatic carbocycles. The summed E-state index contributed by atoms with van der Waals surface area (Å²) in [4.78, 5) is 50.0. The molecule has 73 heavy (non-hydrogen) atoms. The van der Waals surface area contributed by atoms with E-state index >= 15 is 0 Å². The van der Waals surface area contributed by atoms with Crippen LogP contribution in [0, 0.1) is 0 Å². The molecule has 3 N–H and O–H groups in total. The molecule has 5 aromatic carbocycles. The maximum Gasteiger partial charge on any atom is 0.410 e. The Labute approximate surface area is 459 Å². The van der Waals surface area contributed by atoms with Crippen molar-refractivity contribution in [2.45, 2.75) is 115 Å². The standard InChI is InChI=1S/C14H19NO4S.C13H16BrNO2.C9H11NO2S.C8H4BrNO2.C8H8BrN.ClH/c1-14(2,3)19-13(16)15-8-10-5-6-12(20(4,17)18)7-11(10)9-15;1-13(2,3)17-12(16)15-7-9-4-5-11(14)6-10(9)8-15;1-13(11,12)9-3-2-7-5-10-6-8(7)4-9;9-4-1-2-5-6(3-4)8(12)10-7(5)11;9-8-2-1-6-4-10-5-7(6)3-8;/h5-7H,8-9H2,1-4H3;4-6H,7-8H2,1-3H3;2-4,10H,5-6H2,1H3;1-3H,(H,10,11,12);1-3,10H,4-5H2;1H. The number of amides is 4. The van der Waals surface area contributed by atoms with Gasteiger partial charge >= 0.3 is 12.2 Å². The molecule has 0 aromatic heterocycles. The van der Waals surface area contributed by atoms with Gasteiger partial charge in [-0.1, -0.05) is 72.1 Å². The van der Waals surface area contributed by atoms with Crippen LogP contribution in [0.5, 0.6) is 0 Å². The second kappa shape index (κ2) is 24.3. The van der Waals surface area contributed by atoms with Crippen molar-refractivity contribution in [2.75, 3.05) is 12.5 Å². The molecular weight excluding hydrogens is 1190 g/mol. The lowest BCUT2D eigenvalue weighted by Gasteiger charge is -2.24. The summed E-state index contributed by atoms with van der Waals surface area (Å²) in [6.07, 6.45) is 1.78. The average Bonchev–Trinajstić information content (AvgIpc) is 4.13. The van der Waals surface area contributed by atoms with Crippen LogP contribution in [0.3, 0.4) is 0 Å². The molecule has 4 amide bonds. The monoisotopic (exact) mass is 1250 g/mol. The summed E-state index contributed by atoms with van der Waals surface area (Å²) < 4.78 is 59.2. The highest BCUT2D eigenvalue weighted by Gasteiger charge is 2.30. The van der Waals surface area contributed by atoms with E-state index < -0.39 is 30.9 Å². The van der Waals surface area contributed by atoms with E-state index in [2.05, 4.69) is 88.0 Å². The zero-order valence-electron chi connectivity index (χ0n) is 41.7. The second-order valence-corrected chi connectivity index (χ2v) is 26.4. The molecule has 5 heterocycles. The molecule has 5 aliphatic heterocycles. The Bertz CT molecular complexity index is 3140. The first-order valence-corrected chi connectivity index (χ1v) is 28.9. The van der Waals surface area contributed by atoms with Crippen LogP contribution in [0.4, 0.5) is 9.59 Å². The molecule has 5 aromatic rings. The SMILES string of the molecule is Brc1ccc2c(c1)CNC2.CC(C)(C)OC(=O)N1Cc2ccc(Br)cc2C1.CC(C)(C)OC(=O)N1Cc2ccc(S(C)(=O)=O)cc2C1.CS(=O)(=O)c1ccc2c(c1)CNC2.Cl.O=C1NC(=O)c2cc(Br)ccc21. The Kier molecular flexibility index (Phi) is 19.7. The third-order valence-corrected chi connectivity index (χ3v) is 15.0. The number of hydrogen-bond acceptors (Lipinski definition) is 12. The van der Waals surface area contributed by atoms with E-state index in [0.717, 1.165) is 51.8 Å². The highest BCUT2D eigenvalue weighted by molar-refractivity contribution is 9.11. The lowest BCUT2D eigenvalue weighted by atomic mass is 10.1. The topological polar surface area (TPSA) is 198 Å². The van der Waals surface area contributed by atoms with Crippen molar-refractivity contribution in [2.24, 2.45) is 0 Å². The Morgan fingerprint density at radius 2 is 0.822 bits per heavy atom. The number of rotatable bonds is 2. The van der Waals surface area contributed by atoms with Crippen LogP contribution in [-0.2, 0) is 81.5 Å². The minimum Gasteiger partial charge on any atom is -0.444 e. The number of imide groups is 1. The fourth-order valence-corrected chi connectivity index (χ4v) is 10.3. The number of sulfone groups is 2.